The summed E-state index contributed by atoms with van der Waals surface area (Å²) in [4.78, 5) is 10.3. The molecule has 2 heteroatoms. The molecule has 0 aliphatic heterocycles. The predicted molar refractivity (Wildman–Crippen MR) is 41.3 cm³/mol. The molecule has 0 aliphatic carbocycles. The maximum Gasteiger partial charge on any atom is 0.153 e. The molecule has 0 heterocycles. The van der Waals surface area contributed by atoms with Gasteiger partial charge in [0, 0.05) is 0 Å². The van der Waals surface area contributed by atoms with Gasteiger partial charge >= 0.3 is 0 Å². The number of carbonyl (C=O) groups is 1. The largest absolute Gasteiger partial charge is 0.298 e. The van der Waals surface area contributed by atoms with Gasteiger partial charge in [-0.05, 0) is 31.0 Å². The second-order valence-corrected chi connectivity index (χ2v) is 2.60. The highest BCUT2D eigenvalue weighted by Crippen LogP contribution is 2.12. The average molecular weight is 152 g/mol. The van der Waals surface area contributed by atoms with E-state index in [0.717, 1.165) is 5.56 Å². The third-order valence-electron chi connectivity index (χ3n) is 1.60. The minimum absolute atomic E-state index is 0.163. The van der Waals surface area contributed by atoms with Gasteiger partial charge in [-0.25, -0.2) is 4.39 Å². The SMILES string of the molecule is Cc1cc(C)c(C=O)c(F)c1. The molecule has 58 valence electrons. The van der Waals surface area contributed by atoms with E-state index in [1.807, 2.05) is 0 Å². The molecular weight excluding hydrogens is 143 g/mol. The molecule has 0 amide bonds. The Morgan fingerprint density at radius 2 is 2.00 bits per heavy atom. The third-order valence-corrected chi connectivity index (χ3v) is 1.60. The minimum Gasteiger partial charge on any atom is -0.298 e. The van der Waals surface area contributed by atoms with Crippen molar-refractivity contribution < 1.29 is 9.18 Å². The van der Waals surface area contributed by atoms with E-state index in [4.69, 9.17) is 0 Å². The molecule has 0 N–H and O–H groups in total. The lowest BCUT2D eigenvalue weighted by Gasteiger charge is -2.00. The highest BCUT2D eigenvalue weighted by molar-refractivity contribution is 5.77. The van der Waals surface area contributed by atoms with Gasteiger partial charge in [-0.3, -0.25) is 4.79 Å². The smallest absolute Gasteiger partial charge is 0.153 e. The standard InChI is InChI=1S/C9H9FO/c1-6-3-7(2)8(5-11)9(10)4-6/h3-5H,1-2H3. The molecule has 1 nitrogen and oxygen atoms in total. The van der Waals surface area contributed by atoms with Crippen LogP contribution in [0.15, 0.2) is 12.1 Å². The summed E-state index contributed by atoms with van der Waals surface area (Å²) < 4.78 is 12.9. The lowest BCUT2D eigenvalue weighted by molar-refractivity contribution is 0.111. The van der Waals surface area contributed by atoms with Crippen molar-refractivity contribution in [2.75, 3.05) is 0 Å². The molecule has 0 saturated heterocycles. The van der Waals surface area contributed by atoms with Gasteiger partial charge in [0.15, 0.2) is 6.29 Å². The molecule has 0 aromatic heterocycles. The van der Waals surface area contributed by atoms with E-state index in [0.29, 0.717) is 11.8 Å². The molecular formula is C9H9FO. The van der Waals surface area contributed by atoms with Gasteiger partial charge in [0.1, 0.15) is 5.82 Å². The van der Waals surface area contributed by atoms with Crippen molar-refractivity contribution in [1.82, 2.24) is 0 Å². The van der Waals surface area contributed by atoms with Crippen LogP contribution in [0.3, 0.4) is 0 Å². The predicted octanol–water partition coefficient (Wildman–Crippen LogP) is 2.26. The highest BCUT2D eigenvalue weighted by atomic mass is 19.1. The number of hydrogen-bond acceptors (Lipinski definition) is 1. The van der Waals surface area contributed by atoms with Crippen LogP contribution >= 0.6 is 0 Å². The van der Waals surface area contributed by atoms with Crippen molar-refractivity contribution in [2.45, 2.75) is 13.8 Å². The number of halogens is 1. The van der Waals surface area contributed by atoms with E-state index in [9.17, 15) is 9.18 Å². The maximum atomic E-state index is 12.9. The van der Waals surface area contributed by atoms with Crippen LogP contribution in [0.4, 0.5) is 4.39 Å². The summed E-state index contributed by atoms with van der Waals surface area (Å²) in [6.07, 6.45) is 0.546. The van der Waals surface area contributed by atoms with Crippen LogP contribution in [0, 0.1) is 19.7 Å². The highest BCUT2D eigenvalue weighted by Gasteiger charge is 2.04. The second kappa shape index (κ2) is 2.82. The number of carbonyl (C=O) groups excluding carboxylic acids is 1. The Labute approximate surface area is 64.9 Å². The van der Waals surface area contributed by atoms with Gasteiger partial charge in [-0.15, -0.1) is 0 Å². The molecule has 11 heavy (non-hydrogen) atoms. The minimum atomic E-state index is -0.433. The molecule has 0 aliphatic rings. The van der Waals surface area contributed by atoms with Crippen LogP contribution in [-0.2, 0) is 0 Å². The van der Waals surface area contributed by atoms with E-state index >= 15 is 0 Å². The summed E-state index contributed by atoms with van der Waals surface area (Å²) in [5.74, 6) is -0.433. The zero-order chi connectivity index (χ0) is 8.43. The fourth-order valence-corrected chi connectivity index (χ4v) is 1.08. The fraction of sp³-hybridized carbons (Fsp3) is 0.222. The summed E-state index contributed by atoms with van der Waals surface area (Å²) in [5.41, 5.74) is 1.69. The van der Waals surface area contributed by atoms with Crippen LogP contribution < -0.4 is 0 Å². The van der Waals surface area contributed by atoms with E-state index in [-0.39, 0.29) is 5.56 Å². The van der Waals surface area contributed by atoms with E-state index in [1.54, 1.807) is 19.9 Å². The van der Waals surface area contributed by atoms with Gasteiger partial charge in [-0.2, -0.15) is 0 Å². The molecule has 0 atom stereocenters. The summed E-state index contributed by atoms with van der Waals surface area (Å²) in [6.45, 7) is 3.52. The Morgan fingerprint density at radius 1 is 1.36 bits per heavy atom. The Morgan fingerprint density at radius 3 is 2.45 bits per heavy atom. The monoisotopic (exact) mass is 152 g/mol. The average Bonchev–Trinajstić information content (AvgIpc) is 1.85. The van der Waals surface area contributed by atoms with Crippen LogP contribution in [0.5, 0.6) is 0 Å². The first kappa shape index (κ1) is 7.92. The number of aldehydes is 1. The molecule has 1 aromatic carbocycles. The van der Waals surface area contributed by atoms with Crippen LogP contribution in [0.1, 0.15) is 21.5 Å². The number of aryl methyl sites for hydroxylation is 2. The lowest BCUT2D eigenvalue weighted by atomic mass is 10.1. The molecule has 0 saturated carbocycles. The number of hydrogen-bond donors (Lipinski definition) is 0. The zero-order valence-electron chi connectivity index (χ0n) is 6.52. The first-order chi connectivity index (χ1) is 5.15. The van der Waals surface area contributed by atoms with Crippen molar-refractivity contribution in [1.29, 1.82) is 0 Å². The second-order valence-electron chi connectivity index (χ2n) is 2.60. The number of rotatable bonds is 1. The van der Waals surface area contributed by atoms with Crippen molar-refractivity contribution in [3.8, 4) is 0 Å². The van der Waals surface area contributed by atoms with Gasteiger partial charge < -0.3 is 0 Å². The Kier molecular flexibility index (Phi) is 2.03. The van der Waals surface area contributed by atoms with E-state index < -0.39 is 5.82 Å². The van der Waals surface area contributed by atoms with Crippen LogP contribution in [0.25, 0.3) is 0 Å². The summed E-state index contributed by atoms with van der Waals surface area (Å²) in [5, 5.41) is 0. The normalized spacial score (nSPS) is 9.73. The van der Waals surface area contributed by atoms with Crippen molar-refractivity contribution in [3.63, 3.8) is 0 Å². The van der Waals surface area contributed by atoms with Crippen LogP contribution in [-0.4, -0.2) is 6.29 Å². The topological polar surface area (TPSA) is 17.1 Å². The molecule has 0 bridgehead atoms. The summed E-state index contributed by atoms with van der Waals surface area (Å²) in [6, 6.07) is 3.14. The fourth-order valence-electron chi connectivity index (χ4n) is 1.08. The quantitative estimate of drug-likeness (QED) is 0.564. The molecule has 1 rings (SSSR count). The van der Waals surface area contributed by atoms with Crippen LogP contribution in [0.2, 0.25) is 0 Å². The molecule has 0 spiro atoms. The lowest BCUT2D eigenvalue weighted by Crippen LogP contribution is -1.92. The van der Waals surface area contributed by atoms with E-state index in [1.165, 1.54) is 6.07 Å². The molecule has 1 aromatic rings. The zero-order valence-corrected chi connectivity index (χ0v) is 6.52. The van der Waals surface area contributed by atoms with Crippen molar-refractivity contribution in [3.05, 3.63) is 34.6 Å². The number of benzene rings is 1. The van der Waals surface area contributed by atoms with Gasteiger partial charge in [-0.1, -0.05) is 6.07 Å². The third kappa shape index (κ3) is 1.45. The Balaban J connectivity index is 3.36. The first-order valence-electron chi connectivity index (χ1n) is 3.37. The first-order valence-corrected chi connectivity index (χ1v) is 3.37. The maximum absolute atomic E-state index is 12.9. The summed E-state index contributed by atoms with van der Waals surface area (Å²) in [7, 11) is 0. The van der Waals surface area contributed by atoms with Gasteiger partial charge in [0.25, 0.3) is 0 Å². The Bertz CT molecular complexity index is 269. The molecule has 0 radical (unpaired) electrons. The Hall–Kier alpha value is -1.18. The molecule has 0 fully saturated rings. The van der Waals surface area contributed by atoms with Crippen molar-refractivity contribution >= 4 is 6.29 Å². The van der Waals surface area contributed by atoms with Gasteiger partial charge in [0.05, 0.1) is 5.56 Å². The van der Waals surface area contributed by atoms with Crippen molar-refractivity contribution in [2.24, 2.45) is 0 Å². The summed E-state index contributed by atoms with van der Waals surface area (Å²) >= 11 is 0. The molecule has 0 unspecified atom stereocenters. The van der Waals surface area contributed by atoms with Gasteiger partial charge in [0.2, 0.25) is 0 Å². The van der Waals surface area contributed by atoms with E-state index in [2.05, 4.69) is 0 Å².